The molecule has 1 aromatic carbocycles. The lowest BCUT2D eigenvalue weighted by atomic mass is 10.1. The minimum absolute atomic E-state index is 0.660. The number of rotatable bonds is 1. The topological polar surface area (TPSA) is 66.8 Å². The molecule has 88 valence electrons. The van der Waals surface area contributed by atoms with Crippen molar-refractivity contribution in [2.75, 3.05) is 7.11 Å². The normalized spacial score (nSPS) is 11.2. The molecule has 7 heteroatoms. The van der Waals surface area contributed by atoms with Crippen LogP contribution in [0.4, 0.5) is 13.2 Å². The molecule has 0 heterocycles. The van der Waals surface area contributed by atoms with E-state index in [-0.39, 0.29) is 0 Å². The summed E-state index contributed by atoms with van der Waals surface area (Å²) in [6.45, 7) is 0. The zero-order valence-corrected chi connectivity index (χ0v) is 8.00. The maximum absolute atomic E-state index is 12.4. The van der Waals surface area contributed by atoms with Crippen LogP contribution >= 0.6 is 0 Å². The second kappa shape index (κ2) is 3.92. The number of hydrogen-bond donors (Lipinski definition) is 2. The van der Waals surface area contributed by atoms with Gasteiger partial charge in [-0.1, -0.05) is 0 Å². The van der Waals surface area contributed by atoms with Crippen LogP contribution in [-0.4, -0.2) is 23.3 Å². The SMILES string of the molecule is COC(=O)c1ccc(O)c(C(F)(F)F)c1O. The summed E-state index contributed by atoms with van der Waals surface area (Å²) in [5, 5.41) is 18.2. The van der Waals surface area contributed by atoms with Gasteiger partial charge in [-0.05, 0) is 12.1 Å². The Morgan fingerprint density at radius 2 is 1.88 bits per heavy atom. The van der Waals surface area contributed by atoms with Gasteiger partial charge in [-0.3, -0.25) is 0 Å². The Morgan fingerprint density at radius 3 is 2.31 bits per heavy atom. The van der Waals surface area contributed by atoms with Crippen LogP contribution in [0.25, 0.3) is 0 Å². The zero-order chi connectivity index (χ0) is 12.5. The molecule has 0 saturated heterocycles. The van der Waals surface area contributed by atoms with E-state index in [1.54, 1.807) is 0 Å². The van der Waals surface area contributed by atoms with Gasteiger partial charge in [0, 0.05) is 0 Å². The Morgan fingerprint density at radius 1 is 1.31 bits per heavy atom. The maximum Gasteiger partial charge on any atom is 0.423 e. The van der Waals surface area contributed by atoms with Gasteiger partial charge in [-0.2, -0.15) is 13.2 Å². The molecule has 0 aliphatic rings. The van der Waals surface area contributed by atoms with Gasteiger partial charge in [-0.15, -0.1) is 0 Å². The number of halogens is 3. The molecule has 0 aromatic heterocycles. The molecule has 1 aromatic rings. The molecule has 0 radical (unpaired) electrons. The van der Waals surface area contributed by atoms with Crippen LogP contribution in [0, 0.1) is 0 Å². The summed E-state index contributed by atoms with van der Waals surface area (Å²) in [6.07, 6.45) is -4.96. The van der Waals surface area contributed by atoms with E-state index < -0.39 is 34.8 Å². The van der Waals surface area contributed by atoms with Crippen LogP contribution in [0.3, 0.4) is 0 Å². The lowest BCUT2D eigenvalue weighted by molar-refractivity contribution is -0.140. The summed E-state index contributed by atoms with van der Waals surface area (Å²) < 4.78 is 41.3. The highest BCUT2D eigenvalue weighted by molar-refractivity contribution is 5.93. The molecule has 0 atom stereocenters. The third-order valence-electron chi connectivity index (χ3n) is 1.84. The minimum Gasteiger partial charge on any atom is -0.507 e. The number of carbonyl (C=O) groups excluding carboxylic acids is 1. The van der Waals surface area contributed by atoms with Gasteiger partial charge >= 0.3 is 12.1 Å². The highest BCUT2D eigenvalue weighted by Gasteiger charge is 2.39. The van der Waals surface area contributed by atoms with Crippen molar-refractivity contribution in [2.45, 2.75) is 6.18 Å². The lowest BCUT2D eigenvalue weighted by Gasteiger charge is -2.12. The van der Waals surface area contributed by atoms with Gasteiger partial charge in [0.25, 0.3) is 0 Å². The molecule has 0 aliphatic heterocycles. The monoisotopic (exact) mass is 236 g/mol. The molecule has 1 rings (SSSR count). The van der Waals surface area contributed by atoms with Crippen LogP contribution in [-0.2, 0) is 10.9 Å². The fraction of sp³-hybridized carbons (Fsp3) is 0.222. The summed E-state index contributed by atoms with van der Waals surface area (Å²) in [5.41, 5.74) is -2.32. The smallest absolute Gasteiger partial charge is 0.423 e. The van der Waals surface area contributed by atoms with Gasteiger partial charge in [0.15, 0.2) is 0 Å². The number of hydrogen-bond acceptors (Lipinski definition) is 4. The zero-order valence-electron chi connectivity index (χ0n) is 8.00. The molecule has 0 amide bonds. The first-order valence-electron chi connectivity index (χ1n) is 3.99. The largest absolute Gasteiger partial charge is 0.507 e. The first-order chi connectivity index (χ1) is 7.29. The van der Waals surface area contributed by atoms with Crippen molar-refractivity contribution in [1.29, 1.82) is 0 Å². The van der Waals surface area contributed by atoms with E-state index in [0.717, 1.165) is 13.2 Å². The molecule has 4 nitrogen and oxygen atoms in total. The van der Waals surface area contributed by atoms with Crippen LogP contribution < -0.4 is 0 Å². The number of ether oxygens (including phenoxy) is 1. The third-order valence-corrected chi connectivity index (χ3v) is 1.84. The number of aromatic hydroxyl groups is 2. The van der Waals surface area contributed by atoms with Gasteiger partial charge < -0.3 is 14.9 Å². The molecule has 16 heavy (non-hydrogen) atoms. The quantitative estimate of drug-likeness (QED) is 0.731. The molecule has 2 N–H and O–H groups in total. The third kappa shape index (κ3) is 2.02. The summed E-state index contributed by atoms with van der Waals surface area (Å²) in [5.74, 6) is -3.62. The first kappa shape index (κ1) is 12.2. The van der Waals surface area contributed by atoms with Gasteiger partial charge in [0.1, 0.15) is 22.6 Å². The number of carbonyl (C=O) groups is 1. The van der Waals surface area contributed by atoms with Crippen molar-refractivity contribution < 1.29 is 32.9 Å². The molecule has 0 fully saturated rings. The maximum atomic E-state index is 12.4. The molecule has 0 unspecified atom stereocenters. The lowest BCUT2D eigenvalue weighted by Crippen LogP contribution is -2.10. The van der Waals surface area contributed by atoms with Crippen molar-refractivity contribution in [3.05, 3.63) is 23.3 Å². The van der Waals surface area contributed by atoms with E-state index in [1.165, 1.54) is 0 Å². The fourth-order valence-electron chi connectivity index (χ4n) is 1.13. The summed E-state index contributed by atoms with van der Waals surface area (Å²) in [4.78, 5) is 11.0. The van der Waals surface area contributed by atoms with Gasteiger partial charge in [0.05, 0.1) is 7.11 Å². The summed E-state index contributed by atoms with van der Waals surface area (Å²) >= 11 is 0. The Kier molecular flexibility index (Phi) is 2.97. The summed E-state index contributed by atoms with van der Waals surface area (Å²) in [7, 11) is 0.960. The number of phenols is 2. The molecule has 0 aliphatic carbocycles. The van der Waals surface area contributed by atoms with E-state index >= 15 is 0 Å². The van der Waals surface area contributed by atoms with Crippen molar-refractivity contribution in [3.8, 4) is 11.5 Å². The predicted molar refractivity (Wildman–Crippen MR) is 46.1 cm³/mol. The Bertz CT molecular complexity index is 425. The standard InChI is InChI=1S/C9H7F3O4/c1-16-8(15)4-2-3-5(13)6(7(4)14)9(10,11)12/h2-3,13-14H,1H3. The molecule has 0 spiro atoms. The van der Waals surface area contributed by atoms with Crippen LogP contribution in [0.5, 0.6) is 11.5 Å². The average Bonchev–Trinajstić information content (AvgIpc) is 2.14. The van der Waals surface area contributed by atoms with E-state index in [9.17, 15) is 23.1 Å². The van der Waals surface area contributed by atoms with Crippen molar-refractivity contribution in [2.24, 2.45) is 0 Å². The fourth-order valence-corrected chi connectivity index (χ4v) is 1.13. The van der Waals surface area contributed by atoms with Crippen LogP contribution in [0.2, 0.25) is 0 Å². The molecule has 0 saturated carbocycles. The van der Waals surface area contributed by atoms with Crippen LogP contribution in [0.15, 0.2) is 12.1 Å². The van der Waals surface area contributed by atoms with Gasteiger partial charge in [0.2, 0.25) is 0 Å². The van der Waals surface area contributed by atoms with E-state index in [2.05, 4.69) is 4.74 Å². The molecule has 0 bridgehead atoms. The highest BCUT2D eigenvalue weighted by atomic mass is 19.4. The highest BCUT2D eigenvalue weighted by Crippen LogP contribution is 2.43. The number of phenolic OH excluding ortho intramolecular Hbond substituents is 2. The molecular formula is C9H7F3O4. The number of methoxy groups -OCH3 is 1. The van der Waals surface area contributed by atoms with Gasteiger partial charge in [-0.25, -0.2) is 4.79 Å². The number of benzene rings is 1. The average molecular weight is 236 g/mol. The van der Waals surface area contributed by atoms with E-state index in [4.69, 9.17) is 5.11 Å². The Hall–Kier alpha value is -1.92. The number of esters is 1. The molecular weight excluding hydrogens is 229 g/mol. The second-order valence-electron chi connectivity index (χ2n) is 2.85. The number of alkyl halides is 3. The Labute approximate surface area is 87.9 Å². The predicted octanol–water partition coefficient (Wildman–Crippen LogP) is 1.90. The Balaban J connectivity index is 3.45. The van der Waals surface area contributed by atoms with E-state index in [1.807, 2.05) is 0 Å². The minimum atomic E-state index is -4.96. The first-order valence-corrected chi connectivity index (χ1v) is 3.99. The second-order valence-corrected chi connectivity index (χ2v) is 2.85. The van der Waals surface area contributed by atoms with Crippen LogP contribution in [0.1, 0.15) is 15.9 Å². The van der Waals surface area contributed by atoms with Crippen molar-refractivity contribution >= 4 is 5.97 Å². The summed E-state index contributed by atoms with van der Waals surface area (Å²) in [6, 6.07) is 1.50. The van der Waals surface area contributed by atoms with E-state index in [0.29, 0.717) is 6.07 Å². The van der Waals surface area contributed by atoms with Crippen molar-refractivity contribution in [1.82, 2.24) is 0 Å². The van der Waals surface area contributed by atoms with Crippen molar-refractivity contribution in [3.63, 3.8) is 0 Å².